The van der Waals surface area contributed by atoms with E-state index in [0.717, 1.165) is 34.1 Å². The average Bonchev–Trinajstić information content (AvgIpc) is 2.38. The highest BCUT2D eigenvalue weighted by Crippen LogP contribution is 2.37. The van der Waals surface area contributed by atoms with E-state index in [1.165, 1.54) is 5.56 Å². The number of rotatable bonds is 1. The maximum atomic E-state index is 6.14. The second-order valence-corrected chi connectivity index (χ2v) is 5.44. The molecule has 0 aliphatic carbocycles. The lowest BCUT2D eigenvalue weighted by atomic mass is 10.0. The molecule has 0 spiro atoms. The molecule has 1 heterocycles. The fraction of sp³-hybridized carbons (Fsp3) is 0.250. The Morgan fingerprint density at radius 1 is 1.21 bits per heavy atom. The van der Waals surface area contributed by atoms with Crippen LogP contribution in [0.2, 0.25) is 5.02 Å². The van der Waals surface area contributed by atoms with Gasteiger partial charge in [-0.25, -0.2) is 0 Å². The number of aryl methyl sites for hydroxylation is 2. The number of benzene rings is 2. The summed E-state index contributed by atoms with van der Waals surface area (Å²) < 4.78 is 6.14. The summed E-state index contributed by atoms with van der Waals surface area (Å²) in [6.45, 7) is 4.93. The zero-order valence-electron chi connectivity index (χ0n) is 11.0. The summed E-state index contributed by atoms with van der Waals surface area (Å²) in [5.41, 5.74) is 4.59. The normalized spacial score (nSPS) is 17.3. The van der Waals surface area contributed by atoms with Crippen molar-refractivity contribution in [2.45, 2.75) is 20.0 Å². The molecule has 3 heteroatoms. The minimum atomic E-state index is 0.00704. The van der Waals surface area contributed by atoms with Crippen molar-refractivity contribution in [3.63, 3.8) is 0 Å². The first-order valence-electron chi connectivity index (χ1n) is 6.41. The van der Waals surface area contributed by atoms with Gasteiger partial charge in [-0.3, -0.25) is 0 Å². The summed E-state index contributed by atoms with van der Waals surface area (Å²) >= 11 is 6.04. The first-order chi connectivity index (χ1) is 9.13. The quantitative estimate of drug-likeness (QED) is 0.826. The Morgan fingerprint density at radius 2 is 2.05 bits per heavy atom. The predicted octanol–water partition coefficient (Wildman–Crippen LogP) is 4.50. The van der Waals surface area contributed by atoms with Gasteiger partial charge in [-0.05, 0) is 48.7 Å². The van der Waals surface area contributed by atoms with Crippen molar-refractivity contribution in [1.82, 2.24) is 0 Å². The molecule has 1 aliphatic rings. The summed E-state index contributed by atoms with van der Waals surface area (Å²) in [6, 6.07) is 12.1. The number of hydrogen-bond donors (Lipinski definition) is 1. The van der Waals surface area contributed by atoms with Crippen molar-refractivity contribution in [3.05, 3.63) is 58.1 Å². The molecule has 0 fully saturated rings. The zero-order chi connectivity index (χ0) is 13.4. The van der Waals surface area contributed by atoms with Crippen LogP contribution in [-0.2, 0) is 0 Å². The Bertz CT molecular complexity index is 624. The molecule has 2 aromatic rings. The molecule has 2 aromatic carbocycles. The minimum absolute atomic E-state index is 0.00704. The number of nitrogens with one attached hydrogen (secondary N) is 1. The highest BCUT2D eigenvalue weighted by atomic mass is 35.5. The van der Waals surface area contributed by atoms with Crippen molar-refractivity contribution in [3.8, 4) is 5.75 Å². The Morgan fingerprint density at radius 3 is 2.84 bits per heavy atom. The van der Waals surface area contributed by atoms with Crippen molar-refractivity contribution < 1.29 is 4.74 Å². The summed E-state index contributed by atoms with van der Waals surface area (Å²) in [5.74, 6) is 0.946. The van der Waals surface area contributed by atoms with E-state index >= 15 is 0 Å². The molecule has 0 aromatic heterocycles. The van der Waals surface area contributed by atoms with Crippen LogP contribution in [0, 0.1) is 13.8 Å². The van der Waals surface area contributed by atoms with Gasteiger partial charge in [0, 0.05) is 5.02 Å². The third-order valence-electron chi connectivity index (χ3n) is 3.38. The van der Waals surface area contributed by atoms with Crippen LogP contribution in [-0.4, -0.2) is 6.54 Å². The van der Waals surface area contributed by atoms with E-state index in [4.69, 9.17) is 16.3 Å². The molecule has 0 radical (unpaired) electrons. The average molecular weight is 274 g/mol. The zero-order valence-corrected chi connectivity index (χ0v) is 11.8. The molecule has 0 saturated carbocycles. The smallest absolute Gasteiger partial charge is 0.146 e. The second-order valence-electron chi connectivity index (χ2n) is 5.00. The summed E-state index contributed by atoms with van der Waals surface area (Å²) in [4.78, 5) is 0. The molecule has 1 N–H and O–H groups in total. The van der Waals surface area contributed by atoms with Gasteiger partial charge in [0.1, 0.15) is 11.9 Å². The van der Waals surface area contributed by atoms with E-state index in [1.807, 2.05) is 24.3 Å². The molecule has 0 saturated heterocycles. The Balaban J connectivity index is 1.94. The molecule has 3 rings (SSSR count). The molecule has 1 aliphatic heterocycles. The van der Waals surface area contributed by atoms with Gasteiger partial charge in [0.05, 0.1) is 12.2 Å². The minimum Gasteiger partial charge on any atom is -0.481 e. The predicted molar refractivity (Wildman–Crippen MR) is 79.2 cm³/mol. The summed E-state index contributed by atoms with van der Waals surface area (Å²) in [5, 5.41) is 4.19. The van der Waals surface area contributed by atoms with Crippen molar-refractivity contribution in [2.75, 3.05) is 11.9 Å². The van der Waals surface area contributed by atoms with E-state index in [0.29, 0.717) is 0 Å². The van der Waals surface area contributed by atoms with Crippen molar-refractivity contribution in [1.29, 1.82) is 0 Å². The van der Waals surface area contributed by atoms with Crippen LogP contribution in [0.25, 0.3) is 0 Å². The molecule has 1 unspecified atom stereocenters. The topological polar surface area (TPSA) is 21.3 Å². The number of anilines is 1. The van der Waals surface area contributed by atoms with E-state index in [9.17, 15) is 0 Å². The SMILES string of the molecule is Cc1cc(C)c2c(c1)NCC(c1cccc(Cl)c1)O2. The van der Waals surface area contributed by atoms with Gasteiger partial charge in [-0.1, -0.05) is 29.8 Å². The monoisotopic (exact) mass is 273 g/mol. The second kappa shape index (κ2) is 4.78. The third-order valence-corrected chi connectivity index (χ3v) is 3.61. The number of halogens is 1. The lowest BCUT2D eigenvalue weighted by Crippen LogP contribution is -2.24. The van der Waals surface area contributed by atoms with Crippen LogP contribution >= 0.6 is 11.6 Å². The van der Waals surface area contributed by atoms with Crippen LogP contribution in [0.5, 0.6) is 5.75 Å². The standard InChI is InChI=1S/C16H16ClNO/c1-10-6-11(2)16-14(7-10)18-9-15(19-16)12-4-3-5-13(17)8-12/h3-8,15,18H,9H2,1-2H3. The molecule has 98 valence electrons. The van der Waals surface area contributed by atoms with Gasteiger partial charge < -0.3 is 10.1 Å². The van der Waals surface area contributed by atoms with Crippen LogP contribution in [0.4, 0.5) is 5.69 Å². The largest absolute Gasteiger partial charge is 0.481 e. The first-order valence-corrected chi connectivity index (χ1v) is 6.78. The lowest BCUT2D eigenvalue weighted by Gasteiger charge is -2.29. The molecular weight excluding hydrogens is 258 g/mol. The van der Waals surface area contributed by atoms with Crippen molar-refractivity contribution in [2.24, 2.45) is 0 Å². The van der Waals surface area contributed by atoms with Gasteiger partial charge in [0.2, 0.25) is 0 Å². The third kappa shape index (κ3) is 2.41. The first kappa shape index (κ1) is 12.4. The number of ether oxygens (including phenoxy) is 1. The Hall–Kier alpha value is -1.67. The summed E-state index contributed by atoms with van der Waals surface area (Å²) in [6.07, 6.45) is 0.00704. The molecule has 1 atom stereocenters. The molecular formula is C16H16ClNO. The highest BCUT2D eigenvalue weighted by Gasteiger charge is 2.22. The maximum Gasteiger partial charge on any atom is 0.146 e. The Kier molecular flexibility index (Phi) is 3.11. The molecule has 0 bridgehead atoms. The maximum absolute atomic E-state index is 6.14. The van der Waals surface area contributed by atoms with Crippen LogP contribution in [0.1, 0.15) is 22.8 Å². The lowest BCUT2D eigenvalue weighted by molar-refractivity contribution is 0.209. The molecule has 19 heavy (non-hydrogen) atoms. The van der Waals surface area contributed by atoms with Crippen LogP contribution < -0.4 is 10.1 Å². The van der Waals surface area contributed by atoms with Crippen LogP contribution in [0.15, 0.2) is 36.4 Å². The van der Waals surface area contributed by atoms with Gasteiger partial charge >= 0.3 is 0 Å². The van der Waals surface area contributed by atoms with Gasteiger partial charge in [0.15, 0.2) is 0 Å². The van der Waals surface area contributed by atoms with E-state index in [1.54, 1.807) is 0 Å². The Labute approximate surface area is 118 Å². The highest BCUT2D eigenvalue weighted by molar-refractivity contribution is 6.30. The fourth-order valence-electron chi connectivity index (χ4n) is 2.52. The van der Waals surface area contributed by atoms with E-state index in [-0.39, 0.29) is 6.10 Å². The van der Waals surface area contributed by atoms with Crippen molar-refractivity contribution >= 4 is 17.3 Å². The van der Waals surface area contributed by atoms with E-state index in [2.05, 4.69) is 31.3 Å². The molecule has 2 nitrogen and oxygen atoms in total. The van der Waals surface area contributed by atoms with Gasteiger partial charge in [0.25, 0.3) is 0 Å². The summed E-state index contributed by atoms with van der Waals surface area (Å²) in [7, 11) is 0. The van der Waals surface area contributed by atoms with E-state index < -0.39 is 0 Å². The number of hydrogen-bond acceptors (Lipinski definition) is 2. The van der Waals surface area contributed by atoms with Crippen LogP contribution in [0.3, 0.4) is 0 Å². The fourth-order valence-corrected chi connectivity index (χ4v) is 2.72. The molecule has 0 amide bonds. The number of fused-ring (bicyclic) bond motifs is 1. The van der Waals surface area contributed by atoms with Gasteiger partial charge in [-0.15, -0.1) is 0 Å². The van der Waals surface area contributed by atoms with Gasteiger partial charge in [-0.2, -0.15) is 0 Å².